The number of nitrogens with zero attached hydrogens (tertiary/aromatic N) is 1. The van der Waals surface area contributed by atoms with Crippen molar-refractivity contribution in [3.8, 4) is 5.75 Å². The van der Waals surface area contributed by atoms with Crippen molar-refractivity contribution in [1.82, 2.24) is 10.2 Å². The van der Waals surface area contributed by atoms with Gasteiger partial charge in [-0.15, -0.1) is 0 Å². The molecule has 1 fully saturated rings. The van der Waals surface area contributed by atoms with E-state index < -0.39 is 17.2 Å². The SMILES string of the molecule is COc1cc(C(F)(F)F)ccc1[C@H](N1CCNCC1)C(C)(C)CO. The Morgan fingerprint density at radius 1 is 1.25 bits per heavy atom. The van der Waals surface area contributed by atoms with Gasteiger partial charge in [0.2, 0.25) is 0 Å². The van der Waals surface area contributed by atoms with Crippen LogP contribution in [0.1, 0.15) is 31.0 Å². The van der Waals surface area contributed by atoms with E-state index in [-0.39, 0.29) is 18.4 Å². The first-order valence-electron chi connectivity index (χ1n) is 8.01. The fourth-order valence-electron chi connectivity index (χ4n) is 3.25. The molecule has 0 aromatic heterocycles. The number of piperazine rings is 1. The minimum absolute atomic E-state index is 0.0776. The minimum atomic E-state index is -4.41. The van der Waals surface area contributed by atoms with Crippen LogP contribution in [-0.2, 0) is 6.18 Å². The molecule has 136 valence electrons. The van der Waals surface area contributed by atoms with Gasteiger partial charge in [0.15, 0.2) is 0 Å². The van der Waals surface area contributed by atoms with Crippen molar-refractivity contribution < 1.29 is 23.0 Å². The van der Waals surface area contributed by atoms with E-state index in [4.69, 9.17) is 4.74 Å². The van der Waals surface area contributed by atoms with Crippen molar-refractivity contribution in [2.24, 2.45) is 5.41 Å². The molecule has 1 aromatic rings. The summed E-state index contributed by atoms with van der Waals surface area (Å²) in [7, 11) is 1.37. The molecule has 0 saturated carbocycles. The summed E-state index contributed by atoms with van der Waals surface area (Å²) in [6.07, 6.45) is -4.41. The van der Waals surface area contributed by atoms with Crippen molar-refractivity contribution >= 4 is 0 Å². The Bertz CT molecular complexity index is 555. The number of aliphatic hydroxyl groups is 1. The topological polar surface area (TPSA) is 44.7 Å². The highest BCUT2D eigenvalue weighted by Gasteiger charge is 2.38. The van der Waals surface area contributed by atoms with Crippen molar-refractivity contribution in [1.29, 1.82) is 0 Å². The van der Waals surface area contributed by atoms with E-state index in [0.29, 0.717) is 5.56 Å². The number of nitrogens with one attached hydrogen (secondary N) is 1. The van der Waals surface area contributed by atoms with Gasteiger partial charge in [0.1, 0.15) is 5.75 Å². The highest BCUT2D eigenvalue weighted by atomic mass is 19.4. The molecule has 1 atom stereocenters. The van der Waals surface area contributed by atoms with Crippen LogP contribution in [0.3, 0.4) is 0 Å². The molecule has 1 aliphatic heterocycles. The monoisotopic (exact) mass is 346 g/mol. The van der Waals surface area contributed by atoms with Gasteiger partial charge in [-0.25, -0.2) is 0 Å². The fraction of sp³-hybridized carbons (Fsp3) is 0.647. The van der Waals surface area contributed by atoms with E-state index >= 15 is 0 Å². The summed E-state index contributed by atoms with van der Waals surface area (Å²) in [5.41, 5.74) is -0.583. The van der Waals surface area contributed by atoms with Gasteiger partial charge in [-0.1, -0.05) is 19.9 Å². The smallest absolute Gasteiger partial charge is 0.416 e. The lowest BCUT2D eigenvalue weighted by atomic mass is 9.79. The molecule has 1 aliphatic rings. The molecule has 0 aliphatic carbocycles. The summed E-state index contributed by atoms with van der Waals surface area (Å²) in [4.78, 5) is 2.19. The van der Waals surface area contributed by atoms with Gasteiger partial charge in [-0.2, -0.15) is 13.2 Å². The molecule has 0 unspecified atom stereocenters. The van der Waals surface area contributed by atoms with Crippen LogP contribution < -0.4 is 10.1 Å². The number of benzene rings is 1. The molecule has 4 nitrogen and oxygen atoms in total. The van der Waals surface area contributed by atoms with Crippen molar-refractivity contribution in [2.75, 3.05) is 39.9 Å². The average molecular weight is 346 g/mol. The zero-order valence-corrected chi connectivity index (χ0v) is 14.3. The second-order valence-electron chi connectivity index (χ2n) is 6.79. The lowest BCUT2D eigenvalue weighted by Gasteiger charge is -2.44. The molecular formula is C17H25F3N2O2. The van der Waals surface area contributed by atoms with E-state index in [2.05, 4.69) is 10.2 Å². The lowest BCUT2D eigenvalue weighted by molar-refractivity contribution is -0.137. The maximum absolute atomic E-state index is 13.0. The third-order valence-corrected chi connectivity index (χ3v) is 4.52. The van der Waals surface area contributed by atoms with Crippen molar-refractivity contribution in [2.45, 2.75) is 26.1 Å². The van der Waals surface area contributed by atoms with Gasteiger partial charge in [0.25, 0.3) is 0 Å². The van der Waals surface area contributed by atoms with Gasteiger partial charge in [-0.05, 0) is 12.1 Å². The van der Waals surface area contributed by atoms with Gasteiger partial charge < -0.3 is 15.2 Å². The van der Waals surface area contributed by atoms with Crippen LogP contribution in [0.5, 0.6) is 5.75 Å². The Balaban J connectivity index is 2.49. The molecule has 24 heavy (non-hydrogen) atoms. The number of rotatable bonds is 5. The summed E-state index contributed by atoms with van der Waals surface area (Å²) >= 11 is 0. The Morgan fingerprint density at radius 3 is 2.38 bits per heavy atom. The Kier molecular flexibility index (Phi) is 5.78. The lowest BCUT2D eigenvalue weighted by Crippen LogP contribution is -2.49. The zero-order chi connectivity index (χ0) is 18.0. The Morgan fingerprint density at radius 2 is 1.88 bits per heavy atom. The minimum Gasteiger partial charge on any atom is -0.496 e. The van der Waals surface area contributed by atoms with Crippen LogP contribution >= 0.6 is 0 Å². The fourth-order valence-corrected chi connectivity index (χ4v) is 3.25. The molecule has 2 N–H and O–H groups in total. The van der Waals surface area contributed by atoms with E-state index in [9.17, 15) is 18.3 Å². The second-order valence-corrected chi connectivity index (χ2v) is 6.79. The van der Waals surface area contributed by atoms with Crippen LogP contribution in [0.15, 0.2) is 18.2 Å². The highest BCUT2D eigenvalue weighted by Crippen LogP contribution is 2.43. The largest absolute Gasteiger partial charge is 0.496 e. The number of hydrogen-bond acceptors (Lipinski definition) is 4. The molecule has 1 aromatic carbocycles. The van der Waals surface area contributed by atoms with E-state index in [1.807, 2.05) is 13.8 Å². The molecule has 1 heterocycles. The van der Waals surface area contributed by atoms with Crippen molar-refractivity contribution in [3.05, 3.63) is 29.3 Å². The van der Waals surface area contributed by atoms with E-state index in [1.54, 1.807) is 0 Å². The average Bonchev–Trinajstić information content (AvgIpc) is 2.55. The third-order valence-electron chi connectivity index (χ3n) is 4.52. The van der Waals surface area contributed by atoms with Gasteiger partial charge in [0, 0.05) is 49.8 Å². The van der Waals surface area contributed by atoms with Crippen LogP contribution in [-0.4, -0.2) is 49.9 Å². The first kappa shape index (κ1) is 19.0. The zero-order valence-electron chi connectivity index (χ0n) is 14.3. The normalized spacial score (nSPS) is 18.5. The van der Waals surface area contributed by atoms with E-state index in [1.165, 1.54) is 13.2 Å². The molecule has 1 saturated heterocycles. The van der Waals surface area contributed by atoms with Gasteiger partial charge in [0.05, 0.1) is 12.7 Å². The Labute approximate surface area is 140 Å². The molecule has 0 radical (unpaired) electrons. The third kappa shape index (κ3) is 4.02. The molecule has 0 bridgehead atoms. The first-order valence-corrected chi connectivity index (χ1v) is 8.01. The van der Waals surface area contributed by atoms with E-state index in [0.717, 1.165) is 38.3 Å². The summed E-state index contributed by atoms with van der Waals surface area (Å²) in [5, 5.41) is 13.1. The first-order chi connectivity index (χ1) is 11.2. The summed E-state index contributed by atoms with van der Waals surface area (Å²) in [5.74, 6) is 0.204. The van der Waals surface area contributed by atoms with Crippen LogP contribution in [0.4, 0.5) is 13.2 Å². The molecule has 0 spiro atoms. The standard InChI is InChI=1S/C17H25F3N2O2/c1-16(2,11-23)15(22-8-6-21-7-9-22)13-5-4-12(17(18,19)20)10-14(13)24-3/h4-5,10,15,21,23H,6-9,11H2,1-3H3/t15-/m0/s1. The second kappa shape index (κ2) is 7.29. The molecule has 2 rings (SSSR count). The number of alkyl halides is 3. The molecular weight excluding hydrogens is 321 g/mol. The van der Waals surface area contributed by atoms with Crippen LogP contribution in [0.25, 0.3) is 0 Å². The maximum atomic E-state index is 13.0. The molecule has 7 heteroatoms. The number of hydrogen-bond donors (Lipinski definition) is 2. The van der Waals surface area contributed by atoms with Crippen LogP contribution in [0.2, 0.25) is 0 Å². The predicted molar refractivity (Wildman–Crippen MR) is 86.0 cm³/mol. The molecule has 0 amide bonds. The summed E-state index contributed by atoms with van der Waals surface area (Å²) < 4.78 is 44.2. The summed E-state index contributed by atoms with van der Waals surface area (Å²) in [6.45, 7) is 6.89. The maximum Gasteiger partial charge on any atom is 0.416 e. The highest BCUT2D eigenvalue weighted by molar-refractivity contribution is 5.41. The summed E-state index contributed by atoms with van der Waals surface area (Å²) in [6, 6.07) is 3.37. The Hall–Kier alpha value is -1.31. The predicted octanol–water partition coefficient (Wildman–Crippen LogP) is 2.68. The number of ether oxygens (including phenoxy) is 1. The van der Waals surface area contributed by atoms with Crippen molar-refractivity contribution in [3.63, 3.8) is 0 Å². The van der Waals surface area contributed by atoms with Crippen LogP contribution in [0, 0.1) is 5.41 Å². The number of halogens is 3. The number of methoxy groups -OCH3 is 1. The number of aliphatic hydroxyl groups excluding tert-OH is 1. The van der Waals surface area contributed by atoms with Gasteiger partial charge in [-0.3, -0.25) is 4.90 Å². The van der Waals surface area contributed by atoms with Gasteiger partial charge >= 0.3 is 6.18 Å². The quantitative estimate of drug-likeness (QED) is 0.860.